The van der Waals surface area contributed by atoms with E-state index in [0.29, 0.717) is 19.4 Å². The van der Waals surface area contributed by atoms with Crippen LogP contribution in [0.1, 0.15) is 232 Å². The molecule has 0 aromatic carbocycles. The predicted octanol–water partition coefficient (Wildman–Crippen LogP) is 13.3. The molecular weight excluding hydrogens is 532 g/mol. The van der Waals surface area contributed by atoms with Crippen LogP contribution in [0.3, 0.4) is 0 Å². The van der Waals surface area contributed by atoms with E-state index < -0.39 is 5.97 Å². The monoisotopic (exact) mass is 609 g/mol. The minimum atomic E-state index is -0.657. The summed E-state index contributed by atoms with van der Waals surface area (Å²) in [5, 5.41) is 8.64. The number of aliphatic carboxylic acids is 1. The molecule has 0 spiro atoms. The fourth-order valence-corrected chi connectivity index (χ4v) is 6.11. The maximum atomic E-state index is 11.9. The van der Waals surface area contributed by atoms with Gasteiger partial charge < -0.3 is 9.84 Å². The number of unbranched alkanes of at least 4 members (excludes halogenated alkanes) is 31. The van der Waals surface area contributed by atoms with Crippen molar-refractivity contribution >= 4 is 11.9 Å². The maximum absolute atomic E-state index is 11.9. The van der Waals surface area contributed by atoms with Gasteiger partial charge in [-0.2, -0.15) is 0 Å². The molecule has 1 N–H and O–H groups in total. The standard InChI is InChI=1S/C39H76O4/c1-2-3-4-5-6-7-20-24-27-30-33-36-39(42)43-37-34-31-28-25-22-19-17-15-13-11-9-8-10-12-14-16-18-21-23-26-29-32-35-38(40)41/h2-37H2,1H3,(H,40,41). The highest BCUT2D eigenvalue weighted by molar-refractivity contribution is 5.69. The smallest absolute Gasteiger partial charge is 0.305 e. The number of hydrogen-bond donors (Lipinski definition) is 1. The number of rotatable bonds is 37. The van der Waals surface area contributed by atoms with Crippen LogP contribution in [-0.4, -0.2) is 23.7 Å². The summed E-state index contributed by atoms with van der Waals surface area (Å²) >= 11 is 0. The van der Waals surface area contributed by atoms with Crippen LogP contribution in [0.25, 0.3) is 0 Å². The molecule has 0 atom stereocenters. The summed E-state index contributed by atoms with van der Waals surface area (Å²) in [4.78, 5) is 22.4. The van der Waals surface area contributed by atoms with E-state index >= 15 is 0 Å². The molecule has 0 radical (unpaired) electrons. The summed E-state index contributed by atoms with van der Waals surface area (Å²) in [5.41, 5.74) is 0. The third-order valence-electron chi connectivity index (χ3n) is 9.03. The van der Waals surface area contributed by atoms with Crippen LogP contribution in [0, 0.1) is 0 Å². The number of carboxylic acid groups (broad SMARTS) is 1. The van der Waals surface area contributed by atoms with Gasteiger partial charge in [0, 0.05) is 12.8 Å². The molecule has 0 saturated heterocycles. The lowest BCUT2D eigenvalue weighted by molar-refractivity contribution is -0.144. The molecule has 256 valence electrons. The van der Waals surface area contributed by atoms with Crippen LogP contribution in [0.4, 0.5) is 0 Å². The Morgan fingerprint density at radius 2 is 0.628 bits per heavy atom. The molecular formula is C39H76O4. The summed E-state index contributed by atoms with van der Waals surface area (Å²) in [7, 11) is 0. The van der Waals surface area contributed by atoms with E-state index in [9.17, 15) is 9.59 Å². The molecule has 0 aliphatic rings. The summed E-state index contributed by atoms with van der Waals surface area (Å²) in [6.07, 6.45) is 44.1. The molecule has 0 amide bonds. The van der Waals surface area contributed by atoms with E-state index in [4.69, 9.17) is 9.84 Å². The molecule has 0 unspecified atom stereocenters. The highest BCUT2D eigenvalue weighted by Crippen LogP contribution is 2.16. The van der Waals surface area contributed by atoms with Crippen LogP contribution in [0.5, 0.6) is 0 Å². The molecule has 0 saturated carbocycles. The lowest BCUT2D eigenvalue weighted by Gasteiger charge is -2.06. The van der Waals surface area contributed by atoms with Crippen molar-refractivity contribution in [2.45, 2.75) is 232 Å². The van der Waals surface area contributed by atoms with Crippen LogP contribution < -0.4 is 0 Å². The Morgan fingerprint density at radius 1 is 0.372 bits per heavy atom. The molecule has 4 heteroatoms. The highest BCUT2D eigenvalue weighted by atomic mass is 16.5. The van der Waals surface area contributed by atoms with E-state index in [1.54, 1.807) is 0 Å². The molecule has 0 rings (SSSR count). The molecule has 0 heterocycles. The first-order valence-corrected chi connectivity index (χ1v) is 19.5. The molecule has 0 fully saturated rings. The third-order valence-corrected chi connectivity index (χ3v) is 9.03. The van der Waals surface area contributed by atoms with E-state index in [1.165, 1.54) is 186 Å². The Labute approximate surface area is 269 Å². The largest absolute Gasteiger partial charge is 0.481 e. The van der Waals surface area contributed by atoms with Crippen molar-refractivity contribution in [3.05, 3.63) is 0 Å². The van der Waals surface area contributed by atoms with Crippen LogP contribution in [-0.2, 0) is 14.3 Å². The number of ether oxygens (including phenoxy) is 1. The summed E-state index contributed by atoms with van der Waals surface area (Å²) in [5.74, 6) is -0.641. The average Bonchev–Trinajstić information content (AvgIpc) is 2.99. The van der Waals surface area contributed by atoms with Gasteiger partial charge in [-0.05, 0) is 19.3 Å². The van der Waals surface area contributed by atoms with Crippen molar-refractivity contribution < 1.29 is 19.4 Å². The molecule has 0 bridgehead atoms. The molecule has 0 aromatic heterocycles. The first kappa shape index (κ1) is 41.9. The minimum Gasteiger partial charge on any atom is -0.481 e. The molecule has 43 heavy (non-hydrogen) atoms. The number of carboxylic acids is 1. The van der Waals surface area contributed by atoms with Crippen LogP contribution >= 0.6 is 0 Å². The number of hydrogen-bond acceptors (Lipinski definition) is 3. The Morgan fingerprint density at radius 3 is 0.930 bits per heavy atom. The Balaban J connectivity index is 3.13. The topological polar surface area (TPSA) is 63.6 Å². The first-order chi connectivity index (χ1) is 21.2. The lowest BCUT2D eigenvalue weighted by atomic mass is 10.0. The van der Waals surface area contributed by atoms with E-state index in [-0.39, 0.29) is 5.97 Å². The summed E-state index contributed by atoms with van der Waals surface area (Å²) < 4.78 is 5.43. The van der Waals surface area contributed by atoms with Gasteiger partial charge in [0.05, 0.1) is 6.61 Å². The zero-order valence-electron chi connectivity index (χ0n) is 29.1. The fourth-order valence-electron chi connectivity index (χ4n) is 6.11. The zero-order valence-corrected chi connectivity index (χ0v) is 29.1. The second kappa shape index (κ2) is 37.1. The van der Waals surface area contributed by atoms with Gasteiger partial charge in [0.25, 0.3) is 0 Å². The maximum Gasteiger partial charge on any atom is 0.305 e. The number of esters is 1. The van der Waals surface area contributed by atoms with Crippen molar-refractivity contribution in [3.8, 4) is 0 Å². The normalized spacial score (nSPS) is 11.3. The summed E-state index contributed by atoms with van der Waals surface area (Å²) in [6, 6.07) is 0. The predicted molar refractivity (Wildman–Crippen MR) is 186 cm³/mol. The SMILES string of the molecule is CCCCCCCCCCCCCC(=O)OCCCCCCCCCCCCCCCCCCCCCCCCC(=O)O. The van der Waals surface area contributed by atoms with Gasteiger partial charge in [0.15, 0.2) is 0 Å². The lowest BCUT2D eigenvalue weighted by Crippen LogP contribution is -2.05. The second-order valence-electron chi connectivity index (χ2n) is 13.4. The average molecular weight is 609 g/mol. The van der Waals surface area contributed by atoms with E-state index in [0.717, 1.165) is 25.7 Å². The van der Waals surface area contributed by atoms with Gasteiger partial charge in [0.2, 0.25) is 0 Å². The van der Waals surface area contributed by atoms with Gasteiger partial charge in [-0.3, -0.25) is 9.59 Å². The summed E-state index contributed by atoms with van der Waals surface area (Å²) in [6.45, 7) is 2.89. The van der Waals surface area contributed by atoms with Crippen molar-refractivity contribution in [2.75, 3.05) is 6.61 Å². The first-order valence-electron chi connectivity index (χ1n) is 19.5. The third kappa shape index (κ3) is 38.9. The fraction of sp³-hybridized carbons (Fsp3) is 0.949. The van der Waals surface area contributed by atoms with Crippen molar-refractivity contribution in [1.29, 1.82) is 0 Å². The van der Waals surface area contributed by atoms with Gasteiger partial charge in [-0.15, -0.1) is 0 Å². The molecule has 0 aliphatic carbocycles. The van der Waals surface area contributed by atoms with Gasteiger partial charge >= 0.3 is 11.9 Å². The van der Waals surface area contributed by atoms with E-state index in [2.05, 4.69) is 6.92 Å². The van der Waals surface area contributed by atoms with Gasteiger partial charge in [0.1, 0.15) is 0 Å². The zero-order chi connectivity index (χ0) is 31.3. The Bertz CT molecular complexity index is 561. The van der Waals surface area contributed by atoms with Crippen molar-refractivity contribution in [1.82, 2.24) is 0 Å². The van der Waals surface area contributed by atoms with Gasteiger partial charge in [-0.25, -0.2) is 0 Å². The van der Waals surface area contributed by atoms with Crippen molar-refractivity contribution in [2.24, 2.45) is 0 Å². The molecule has 0 aliphatic heterocycles. The number of carbonyl (C=O) groups is 2. The number of carbonyl (C=O) groups excluding carboxylic acids is 1. The van der Waals surface area contributed by atoms with Crippen molar-refractivity contribution in [3.63, 3.8) is 0 Å². The Kier molecular flexibility index (Phi) is 36.2. The van der Waals surface area contributed by atoms with Crippen LogP contribution in [0.2, 0.25) is 0 Å². The van der Waals surface area contributed by atoms with Gasteiger partial charge in [-0.1, -0.05) is 200 Å². The molecule has 4 nitrogen and oxygen atoms in total. The highest BCUT2D eigenvalue weighted by Gasteiger charge is 2.03. The quantitative estimate of drug-likeness (QED) is 0.0563. The van der Waals surface area contributed by atoms with E-state index in [1.807, 2.05) is 0 Å². The molecule has 0 aromatic rings. The van der Waals surface area contributed by atoms with Crippen LogP contribution in [0.15, 0.2) is 0 Å². The second-order valence-corrected chi connectivity index (χ2v) is 13.4. The minimum absolute atomic E-state index is 0.0157. The Hall–Kier alpha value is -1.06.